The number of benzene rings is 1. The fourth-order valence-corrected chi connectivity index (χ4v) is 3.27. The lowest BCUT2D eigenvalue weighted by Crippen LogP contribution is -2.11. The van der Waals surface area contributed by atoms with Gasteiger partial charge in [-0.3, -0.25) is 4.79 Å². The van der Waals surface area contributed by atoms with Gasteiger partial charge in [0.25, 0.3) is 5.56 Å². The molecule has 1 atom stereocenters. The number of H-pyrrole nitrogens is 1. The van der Waals surface area contributed by atoms with Gasteiger partial charge < -0.3 is 4.98 Å². The van der Waals surface area contributed by atoms with E-state index in [2.05, 4.69) is 9.97 Å². The molecule has 20 heavy (non-hydrogen) atoms. The zero-order valence-corrected chi connectivity index (χ0v) is 12.8. The average molecular weight is 325 g/mol. The SMILES string of the molecule is CC(Cl)c1nc2scc(-c3cccc(Cl)c3)c2c(=O)[nH]1. The molecule has 1 aromatic carbocycles. The second kappa shape index (κ2) is 5.20. The van der Waals surface area contributed by atoms with Crippen LogP contribution < -0.4 is 5.56 Å². The van der Waals surface area contributed by atoms with E-state index in [0.717, 1.165) is 11.1 Å². The fraction of sp³-hybridized carbons (Fsp3) is 0.143. The summed E-state index contributed by atoms with van der Waals surface area (Å²) in [5.74, 6) is 0.490. The summed E-state index contributed by atoms with van der Waals surface area (Å²) in [7, 11) is 0. The van der Waals surface area contributed by atoms with E-state index in [4.69, 9.17) is 23.2 Å². The van der Waals surface area contributed by atoms with E-state index in [1.165, 1.54) is 11.3 Å². The molecule has 0 spiro atoms. The Kier molecular flexibility index (Phi) is 3.54. The highest BCUT2D eigenvalue weighted by molar-refractivity contribution is 7.17. The topological polar surface area (TPSA) is 45.8 Å². The first-order valence-electron chi connectivity index (χ1n) is 5.97. The first-order valence-corrected chi connectivity index (χ1v) is 7.67. The summed E-state index contributed by atoms with van der Waals surface area (Å²) >= 11 is 13.4. The number of aromatic nitrogens is 2. The molecule has 1 unspecified atom stereocenters. The van der Waals surface area contributed by atoms with Crippen molar-refractivity contribution in [2.24, 2.45) is 0 Å². The molecule has 3 nitrogen and oxygen atoms in total. The molecule has 0 aliphatic carbocycles. The Morgan fingerprint density at radius 3 is 2.90 bits per heavy atom. The van der Waals surface area contributed by atoms with Crippen molar-refractivity contribution in [2.45, 2.75) is 12.3 Å². The van der Waals surface area contributed by atoms with E-state index in [1.54, 1.807) is 13.0 Å². The van der Waals surface area contributed by atoms with Crippen LogP contribution in [-0.4, -0.2) is 9.97 Å². The van der Waals surface area contributed by atoms with Crippen molar-refractivity contribution in [3.8, 4) is 11.1 Å². The van der Waals surface area contributed by atoms with Gasteiger partial charge in [-0.25, -0.2) is 4.98 Å². The first kappa shape index (κ1) is 13.6. The Balaban J connectivity index is 2.27. The average Bonchev–Trinajstić information content (AvgIpc) is 2.83. The third-order valence-corrected chi connectivity index (χ3v) is 4.29. The number of alkyl halides is 1. The van der Waals surface area contributed by atoms with Crippen LogP contribution in [0.25, 0.3) is 21.3 Å². The molecule has 0 bridgehead atoms. The Hall–Kier alpha value is -1.36. The second-order valence-electron chi connectivity index (χ2n) is 4.41. The minimum absolute atomic E-state index is 0.172. The summed E-state index contributed by atoms with van der Waals surface area (Å²) < 4.78 is 0. The third kappa shape index (κ3) is 2.35. The lowest BCUT2D eigenvalue weighted by atomic mass is 10.1. The van der Waals surface area contributed by atoms with Gasteiger partial charge in [-0.05, 0) is 24.6 Å². The zero-order valence-electron chi connectivity index (χ0n) is 10.5. The molecule has 1 N–H and O–H groups in total. The van der Waals surface area contributed by atoms with E-state index in [1.807, 2.05) is 23.6 Å². The minimum Gasteiger partial charge on any atom is -0.309 e. The van der Waals surface area contributed by atoms with E-state index in [9.17, 15) is 4.79 Å². The molecule has 0 amide bonds. The molecule has 0 saturated carbocycles. The molecule has 0 fully saturated rings. The largest absolute Gasteiger partial charge is 0.309 e. The van der Waals surface area contributed by atoms with E-state index < -0.39 is 0 Å². The van der Waals surface area contributed by atoms with Crippen LogP contribution in [0.3, 0.4) is 0 Å². The van der Waals surface area contributed by atoms with Crippen molar-refractivity contribution in [3.63, 3.8) is 0 Å². The maximum absolute atomic E-state index is 12.3. The van der Waals surface area contributed by atoms with Gasteiger partial charge in [0.2, 0.25) is 0 Å². The van der Waals surface area contributed by atoms with Gasteiger partial charge in [0.15, 0.2) is 0 Å². The van der Waals surface area contributed by atoms with Crippen molar-refractivity contribution in [2.75, 3.05) is 0 Å². The van der Waals surface area contributed by atoms with Gasteiger partial charge in [-0.15, -0.1) is 22.9 Å². The van der Waals surface area contributed by atoms with Crippen LogP contribution in [0, 0.1) is 0 Å². The minimum atomic E-state index is -0.330. The van der Waals surface area contributed by atoms with E-state index in [0.29, 0.717) is 21.1 Å². The van der Waals surface area contributed by atoms with Crippen LogP contribution in [0.5, 0.6) is 0 Å². The number of hydrogen-bond donors (Lipinski definition) is 1. The predicted molar refractivity (Wildman–Crippen MR) is 85.0 cm³/mol. The molecule has 6 heteroatoms. The molecule has 2 aromatic heterocycles. The molecular weight excluding hydrogens is 315 g/mol. The van der Waals surface area contributed by atoms with Gasteiger partial charge >= 0.3 is 0 Å². The Morgan fingerprint density at radius 2 is 2.20 bits per heavy atom. The summed E-state index contributed by atoms with van der Waals surface area (Å²) in [6, 6.07) is 7.42. The first-order chi connectivity index (χ1) is 9.56. The lowest BCUT2D eigenvalue weighted by Gasteiger charge is -2.03. The maximum Gasteiger partial charge on any atom is 0.260 e. The van der Waals surface area contributed by atoms with Gasteiger partial charge in [0, 0.05) is 16.0 Å². The predicted octanol–water partition coefficient (Wildman–Crippen LogP) is 4.60. The number of rotatable bonds is 2. The van der Waals surface area contributed by atoms with E-state index in [-0.39, 0.29) is 10.9 Å². The second-order valence-corrected chi connectivity index (χ2v) is 6.36. The van der Waals surface area contributed by atoms with Crippen LogP contribution in [0.15, 0.2) is 34.4 Å². The highest BCUT2D eigenvalue weighted by Gasteiger charge is 2.14. The standard InChI is InChI=1S/C14H10Cl2N2OS/c1-7(15)12-17-13(19)11-10(6-20-14(11)18-12)8-3-2-4-9(16)5-8/h2-7H,1H3,(H,17,18,19). The molecular formula is C14H10Cl2N2OS. The summed E-state index contributed by atoms with van der Waals surface area (Å²) in [5, 5.41) is 2.81. The molecule has 0 aliphatic heterocycles. The molecule has 2 heterocycles. The molecule has 0 radical (unpaired) electrons. The zero-order chi connectivity index (χ0) is 14.3. The van der Waals surface area contributed by atoms with Crippen LogP contribution in [-0.2, 0) is 0 Å². The summed E-state index contributed by atoms with van der Waals surface area (Å²) in [4.78, 5) is 20.1. The number of thiophene rings is 1. The molecule has 3 rings (SSSR count). The lowest BCUT2D eigenvalue weighted by molar-refractivity contribution is 0.917. The maximum atomic E-state index is 12.3. The number of hydrogen-bond acceptors (Lipinski definition) is 3. The third-order valence-electron chi connectivity index (χ3n) is 2.97. The number of halogens is 2. The van der Waals surface area contributed by atoms with Crippen LogP contribution >= 0.6 is 34.5 Å². The number of nitrogens with one attached hydrogen (secondary N) is 1. The van der Waals surface area contributed by atoms with Crippen molar-refractivity contribution in [3.05, 3.63) is 50.8 Å². The molecule has 3 aromatic rings. The van der Waals surface area contributed by atoms with Crippen molar-refractivity contribution in [1.29, 1.82) is 0 Å². The normalized spacial score (nSPS) is 12.8. The van der Waals surface area contributed by atoms with Gasteiger partial charge in [0.05, 0.1) is 10.8 Å². The molecule has 102 valence electrons. The molecule has 0 saturated heterocycles. The number of fused-ring (bicyclic) bond motifs is 1. The van der Waals surface area contributed by atoms with Gasteiger partial charge in [-0.2, -0.15) is 0 Å². The smallest absolute Gasteiger partial charge is 0.260 e. The summed E-state index contributed by atoms with van der Waals surface area (Å²) in [5.41, 5.74) is 1.58. The Bertz CT molecular complexity index is 839. The molecule has 0 aliphatic rings. The van der Waals surface area contributed by atoms with Crippen molar-refractivity contribution in [1.82, 2.24) is 9.97 Å². The van der Waals surface area contributed by atoms with Gasteiger partial charge in [0.1, 0.15) is 10.7 Å². The highest BCUT2D eigenvalue weighted by Crippen LogP contribution is 2.32. The Labute approximate surface area is 129 Å². The summed E-state index contributed by atoms with van der Waals surface area (Å²) in [6.07, 6.45) is 0. The van der Waals surface area contributed by atoms with Crippen LogP contribution in [0.2, 0.25) is 5.02 Å². The quantitative estimate of drug-likeness (QED) is 0.700. The Morgan fingerprint density at radius 1 is 1.40 bits per heavy atom. The number of nitrogens with zero attached hydrogens (tertiary/aromatic N) is 1. The summed E-state index contributed by atoms with van der Waals surface area (Å²) in [6.45, 7) is 1.77. The van der Waals surface area contributed by atoms with Crippen molar-refractivity contribution < 1.29 is 0 Å². The number of aromatic amines is 1. The van der Waals surface area contributed by atoms with Crippen molar-refractivity contribution >= 4 is 44.8 Å². The highest BCUT2D eigenvalue weighted by atomic mass is 35.5. The van der Waals surface area contributed by atoms with E-state index >= 15 is 0 Å². The monoisotopic (exact) mass is 324 g/mol. The fourth-order valence-electron chi connectivity index (χ4n) is 2.02. The van der Waals surface area contributed by atoms with Gasteiger partial charge in [-0.1, -0.05) is 23.7 Å². The van der Waals surface area contributed by atoms with Crippen LogP contribution in [0.4, 0.5) is 0 Å². The van der Waals surface area contributed by atoms with Crippen LogP contribution in [0.1, 0.15) is 18.1 Å².